The van der Waals surface area contributed by atoms with Crippen LogP contribution in [-0.2, 0) is 6.54 Å². The molecule has 19 heavy (non-hydrogen) atoms. The summed E-state index contributed by atoms with van der Waals surface area (Å²) in [7, 11) is 0. The van der Waals surface area contributed by atoms with Crippen LogP contribution >= 0.6 is 11.3 Å². The van der Waals surface area contributed by atoms with E-state index in [1.54, 1.807) is 12.3 Å². The van der Waals surface area contributed by atoms with E-state index in [4.69, 9.17) is 0 Å². The molecule has 102 valence electrons. The molecule has 0 saturated heterocycles. The average Bonchev–Trinajstić information content (AvgIpc) is 2.71. The van der Waals surface area contributed by atoms with Crippen molar-refractivity contribution in [2.24, 2.45) is 5.92 Å². The van der Waals surface area contributed by atoms with Crippen molar-refractivity contribution < 1.29 is 4.39 Å². The zero-order valence-electron chi connectivity index (χ0n) is 11.4. The highest BCUT2D eigenvalue weighted by Gasteiger charge is 2.13. The van der Waals surface area contributed by atoms with Crippen molar-refractivity contribution in [1.82, 2.24) is 15.3 Å². The third-order valence-corrected chi connectivity index (χ3v) is 3.86. The summed E-state index contributed by atoms with van der Waals surface area (Å²) < 4.78 is 13.7. The maximum atomic E-state index is 13.7. The summed E-state index contributed by atoms with van der Waals surface area (Å²) in [5.74, 6) is 0.291. The molecule has 0 aromatic carbocycles. The molecular weight excluding hydrogens is 261 g/mol. The van der Waals surface area contributed by atoms with E-state index in [9.17, 15) is 4.39 Å². The van der Waals surface area contributed by atoms with E-state index in [1.807, 2.05) is 6.92 Å². The molecule has 0 amide bonds. The van der Waals surface area contributed by atoms with Crippen LogP contribution < -0.4 is 5.32 Å². The minimum absolute atomic E-state index is 0.321. The topological polar surface area (TPSA) is 37.8 Å². The molecule has 0 bridgehead atoms. The first-order valence-electron chi connectivity index (χ1n) is 6.36. The fourth-order valence-corrected chi connectivity index (χ4v) is 2.74. The van der Waals surface area contributed by atoms with Crippen molar-refractivity contribution in [3.05, 3.63) is 34.7 Å². The zero-order valence-corrected chi connectivity index (χ0v) is 12.2. The smallest absolute Gasteiger partial charge is 0.151 e. The van der Waals surface area contributed by atoms with Crippen molar-refractivity contribution in [2.45, 2.75) is 27.3 Å². The summed E-state index contributed by atoms with van der Waals surface area (Å²) in [6.45, 7) is 8.02. The molecule has 0 aliphatic carbocycles. The fourth-order valence-electron chi connectivity index (χ4n) is 1.71. The normalized spacial score (nSPS) is 11.2. The lowest BCUT2D eigenvalue weighted by molar-refractivity contribution is 0.554. The molecule has 0 aliphatic rings. The van der Waals surface area contributed by atoms with E-state index >= 15 is 0 Å². The van der Waals surface area contributed by atoms with Gasteiger partial charge in [-0.05, 0) is 31.5 Å². The number of halogens is 1. The third kappa shape index (κ3) is 3.58. The van der Waals surface area contributed by atoms with E-state index in [0.29, 0.717) is 16.6 Å². The highest BCUT2D eigenvalue weighted by atomic mass is 32.1. The van der Waals surface area contributed by atoms with Gasteiger partial charge in [0.05, 0.1) is 5.69 Å². The van der Waals surface area contributed by atoms with Crippen molar-refractivity contribution in [3.63, 3.8) is 0 Å². The Kier molecular flexibility index (Phi) is 4.61. The molecule has 2 heterocycles. The largest absolute Gasteiger partial charge is 0.312 e. The summed E-state index contributed by atoms with van der Waals surface area (Å²) in [5, 5.41) is 4.03. The number of thiazole rings is 1. The van der Waals surface area contributed by atoms with E-state index in [1.165, 1.54) is 17.4 Å². The van der Waals surface area contributed by atoms with Crippen molar-refractivity contribution in [2.75, 3.05) is 6.54 Å². The van der Waals surface area contributed by atoms with Crippen molar-refractivity contribution >= 4 is 11.3 Å². The fraction of sp³-hybridized carbons (Fsp3) is 0.429. The Morgan fingerprint density at radius 1 is 1.42 bits per heavy atom. The lowest BCUT2D eigenvalue weighted by atomic mass is 10.2. The van der Waals surface area contributed by atoms with E-state index in [0.717, 1.165) is 23.7 Å². The van der Waals surface area contributed by atoms with Gasteiger partial charge in [0.15, 0.2) is 5.82 Å². The molecule has 2 aromatic heterocycles. The number of hydrogen-bond donors (Lipinski definition) is 1. The Morgan fingerprint density at radius 2 is 2.21 bits per heavy atom. The van der Waals surface area contributed by atoms with Crippen LogP contribution in [0.5, 0.6) is 0 Å². The van der Waals surface area contributed by atoms with Crippen LogP contribution in [0.15, 0.2) is 18.3 Å². The summed E-state index contributed by atoms with van der Waals surface area (Å²) in [4.78, 5) is 9.62. The number of nitrogens with zero attached hydrogens (tertiary/aromatic N) is 2. The second kappa shape index (κ2) is 6.21. The zero-order chi connectivity index (χ0) is 13.8. The molecular formula is C14H18FN3S. The number of hydrogen-bond acceptors (Lipinski definition) is 4. The monoisotopic (exact) mass is 279 g/mol. The minimum atomic E-state index is -0.321. The van der Waals surface area contributed by atoms with Crippen molar-refractivity contribution in [3.8, 4) is 10.7 Å². The minimum Gasteiger partial charge on any atom is -0.312 e. The number of pyridine rings is 1. The summed E-state index contributed by atoms with van der Waals surface area (Å²) in [5.41, 5.74) is 1.28. The molecule has 0 atom stereocenters. The summed E-state index contributed by atoms with van der Waals surface area (Å²) >= 11 is 1.50. The average molecular weight is 279 g/mol. The van der Waals surface area contributed by atoms with Gasteiger partial charge in [0.25, 0.3) is 0 Å². The number of nitrogens with one attached hydrogen (secondary N) is 1. The highest BCUT2D eigenvalue weighted by molar-refractivity contribution is 7.15. The Morgan fingerprint density at radius 3 is 2.89 bits per heavy atom. The SMILES string of the molecule is Cc1nc(-c2ncccc2F)sc1CNCC(C)C. The lowest BCUT2D eigenvalue weighted by Crippen LogP contribution is -2.18. The van der Waals surface area contributed by atoms with Gasteiger partial charge >= 0.3 is 0 Å². The van der Waals surface area contributed by atoms with Crippen LogP contribution in [0.1, 0.15) is 24.4 Å². The predicted octanol–water partition coefficient (Wildman–Crippen LogP) is 3.40. The molecule has 0 fully saturated rings. The Hall–Kier alpha value is -1.33. The molecule has 3 nitrogen and oxygen atoms in total. The summed E-state index contributed by atoms with van der Waals surface area (Å²) in [6.07, 6.45) is 1.59. The van der Waals surface area contributed by atoms with E-state index in [-0.39, 0.29) is 5.82 Å². The van der Waals surface area contributed by atoms with Gasteiger partial charge in [0.1, 0.15) is 10.7 Å². The van der Waals surface area contributed by atoms with E-state index < -0.39 is 0 Å². The second-order valence-electron chi connectivity index (χ2n) is 4.89. The number of rotatable bonds is 5. The van der Waals surface area contributed by atoms with Crippen molar-refractivity contribution in [1.29, 1.82) is 0 Å². The molecule has 2 aromatic rings. The van der Waals surface area contributed by atoms with Crippen LogP contribution in [0.25, 0.3) is 10.7 Å². The Bertz CT molecular complexity index is 551. The number of aromatic nitrogens is 2. The highest BCUT2D eigenvalue weighted by Crippen LogP contribution is 2.27. The third-order valence-electron chi connectivity index (χ3n) is 2.69. The van der Waals surface area contributed by atoms with Gasteiger partial charge in [-0.25, -0.2) is 9.37 Å². The first-order valence-corrected chi connectivity index (χ1v) is 7.17. The summed E-state index contributed by atoms with van der Waals surface area (Å²) in [6, 6.07) is 3.00. The first-order chi connectivity index (χ1) is 9.08. The molecule has 1 N–H and O–H groups in total. The molecule has 0 saturated carbocycles. The molecule has 2 rings (SSSR count). The maximum Gasteiger partial charge on any atom is 0.151 e. The molecule has 5 heteroatoms. The first kappa shape index (κ1) is 14.1. The van der Waals surface area contributed by atoms with Crippen LogP contribution in [-0.4, -0.2) is 16.5 Å². The van der Waals surface area contributed by atoms with Crippen LogP contribution in [0.2, 0.25) is 0 Å². The maximum absolute atomic E-state index is 13.7. The molecule has 0 aliphatic heterocycles. The van der Waals surface area contributed by atoms with Gasteiger partial charge < -0.3 is 5.32 Å². The molecule has 0 radical (unpaired) electrons. The predicted molar refractivity (Wildman–Crippen MR) is 76.6 cm³/mol. The van der Waals surface area contributed by atoms with Gasteiger partial charge in [-0.3, -0.25) is 4.98 Å². The second-order valence-corrected chi connectivity index (χ2v) is 5.97. The Labute approximate surface area is 116 Å². The number of aryl methyl sites for hydroxylation is 1. The lowest BCUT2D eigenvalue weighted by Gasteiger charge is -2.05. The van der Waals surface area contributed by atoms with Gasteiger partial charge in [-0.15, -0.1) is 11.3 Å². The Balaban J connectivity index is 2.15. The standard InChI is InChI=1S/C14H18FN3S/c1-9(2)7-16-8-12-10(3)18-14(19-12)13-11(15)5-4-6-17-13/h4-6,9,16H,7-8H2,1-3H3. The molecule has 0 unspecified atom stereocenters. The van der Waals surface area contributed by atoms with Crippen LogP contribution in [0.3, 0.4) is 0 Å². The quantitative estimate of drug-likeness (QED) is 0.911. The van der Waals surface area contributed by atoms with Gasteiger partial charge in [-0.2, -0.15) is 0 Å². The van der Waals surface area contributed by atoms with Gasteiger partial charge in [0.2, 0.25) is 0 Å². The van der Waals surface area contributed by atoms with Crippen LogP contribution in [0.4, 0.5) is 4.39 Å². The molecule has 0 spiro atoms. The van der Waals surface area contributed by atoms with Gasteiger partial charge in [0, 0.05) is 17.6 Å². The van der Waals surface area contributed by atoms with E-state index in [2.05, 4.69) is 29.1 Å². The van der Waals surface area contributed by atoms with Gasteiger partial charge in [-0.1, -0.05) is 13.8 Å². The van der Waals surface area contributed by atoms with Crippen LogP contribution in [0, 0.1) is 18.7 Å².